The van der Waals surface area contributed by atoms with E-state index in [1.807, 2.05) is 39.0 Å². The van der Waals surface area contributed by atoms with E-state index < -0.39 is 12.0 Å². The average molecular weight is 379 g/mol. The van der Waals surface area contributed by atoms with Gasteiger partial charge in [0.15, 0.2) is 0 Å². The minimum atomic E-state index is -0.963. The van der Waals surface area contributed by atoms with Crippen LogP contribution in [-0.2, 0) is 9.59 Å². The lowest BCUT2D eigenvalue weighted by molar-refractivity contribution is -0.137. The van der Waals surface area contributed by atoms with Gasteiger partial charge in [0, 0.05) is 6.42 Å². The fourth-order valence-electron chi connectivity index (χ4n) is 2.04. The van der Waals surface area contributed by atoms with E-state index >= 15 is 0 Å². The zero-order chi connectivity index (χ0) is 16.7. The second-order valence-corrected chi connectivity index (χ2v) is 5.48. The Morgan fingerprint density at radius 3 is 2.33 bits per heavy atom. The Bertz CT molecular complexity index is 523. The number of aryl methyl sites for hydroxylation is 2. The Hall–Kier alpha value is -1.44. The first-order valence-corrected chi connectivity index (χ1v) is 7.28. The lowest BCUT2D eigenvalue weighted by Crippen LogP contribution is -2.46. The zero-order valence-electron chi connectivity index (χ0n) is 14.2. The van der Waals surface area contributed by atoms with Gasteiger partial charge in [0.1, 0.15) is 12.4 Å². The van der Waals surface area contributed by atoms with Crippen molar-refractivity contribution in [2.75, 3.05) is 6.61 Å². The van der Waals surface area contributed by atoms with Crippen LogP contribution in [0.3, 0.4) is 0 Å². The number of carbonyl (C=O) groups excluding carboxylic acids is 1. The maximum Gasteiger partial charge on any atom is 0.303 e. The highest BCUT2D eigenvalue weighted by Gasteiger charge is 2.17. The Balaban J connectivity index is 0. The fraction of sp³-hybridized carbons (Fsp3) is 0.500. The molecule has 0 aliphatic rings. The van der Waals surface area contributed by atoms with Crippen LogP contribution in [0.15, 0.2) is 18.2 Å². The molecule has 1 amide bonds. The summed E-state index contributed by atoms with van der Waals surface area (Å²) in [7, 11) is 0. The summed E-state index contributed by atoms with van der Waals surface area (Å²) in [6, 6.07) is 4.85. The van der Waals surface area contributed by atoms with Gasteiger partial charge >= 0.3 is 5.97 Å². The molecule has 0 saturated carbocycles. The molecule has 0 saturated heterocycles. The summed E-state index contributed by atoms with van der Waals surface area (Å²) < 4.78 is 5.76. The van der Waals surface area contributed by atoms with Crippen LogP contribution in [0.5, 0.6) is 5.75 Å². The van der Waals surface area contributed by atoms with E-state index in [1.54, 1.807) is 0 Å². The Kier molecular flexibility index (Phi) is 12.4. The molecule has 0 bridgehead atoms. The Labute approximate surface area is 156 Å². The molecule has 0 aliphatic heterocycles. The lowest BCUT2D eigenvalue weighted by Gasteiger charge is -2.19. The van der Waals surface area contributed by atoms with Gasteiger partial charge in [-0.1, -0.05) is 18.2 Å². The molecule has 8 heteroatoms. The van der Waals surface area contributed by atoms with Crippen LogP contribution in [-0.4, -0.2) is 35.7 Å². The number of halogens is 1. The third-order valence-electron chi connectivity index (χ3n) is 3.28. The van der Waals surface area contributed by atoms with Gasteiger partial charge in [0.05, 0.1) is 12.1 Å². The first-order chi connectivity index (χ1) is 10.3. The van der Waals surface area contributed by atoms with Crippen LogP contribution in [0, 0.1) is 13.8 Å². The van der Waals surface area contributed by atoms with E-state index in [0.29, 0.717) is 6.61 Å². The molecule has 0 radical (unpaired) electrons. The van der Waals surface area contributed by atoms with Crippen molar-refractivity contribution in [1.29, 1.82) is 0 Å². The van der Waals surface area contributed by atoms with Gasteiger partial charge in [0.2, 0.25) is 5.91 Å². The number of benzene rings is 1. The Morgan fingerprint density at radius 1 is 1.29 bits per heavy atom. The third kappa shape index (κ3) is 8.42. The molecule has 138 valence electrons. The van der Waals surface area contributed by atoms with Gasteiger partial charge in [0.25, 0.3) is 0 Å². The second-order valence-electron chi connectivity index (χ2n) is 5.48. The number of carboxylic acids is 1. The fourth-order valence-corrected chi connectivity index (χ4v) is 2.04. The molecule has 0 spiro atoms. The number of carboxylic acid groups (broad SMARTS) is 1. The highest BCUT2D eigenvalue weighted by Crippen LogP contribution is 2.22. The predicted octanol–water partition coefficient (Wildman–Crippen LogP) is 1.91. The number of amides is 1. The number of nitrogens with two attached hydrogens (primary N) is 1. The van der Waals surface area contributed by atoms with Gasteiger partial charge in [-0.25, -0.2) is 0 Å². The summed E-state index contributed by atoms with van der Waals surface area (Å²) in [5.74, 6) is -0.507. The van der Waals surface area contributed by atoms with E-state index in [2.05, 4.69) is 5.32 Å². The largest absolute Gasteiger partial charge is 0.491 e. The van der Waals surface area contributed by atoms with Crippen LogP contribution in [0.25, 0.3) is 0 Å². The minimum Gasteiger partial charge on any atom is -0.491 e. The van der Waals surface area contributed by atoms with Gasteiger partial charge in [-0.05, 0) is 38.3 Å². The van der Waals surface area contributed by atoms with Crippen molar-refractivity contribution in [3.8, 4) is 5.75 Å². The molecule has 4 N–H and O–H groups in total. The molecule has 1 aromatic carbocycles. The number of ether oxygens (including phenoxy) is 1. The lowest BCUT2D eigenvalue weighted by atomic mass is 10.1. The normalized spacial score (nSPS) is 12.2. The van der Waals surface area contributed by atoms with Crippen molar-refractivity contribution >= 4 is 37.8 Å². The van der Waals surface area contributed by atoms with Crippen LogP contribution < -0.4 is 15.8 Å². The number of para-hydroxylation sites is 1. The van der Waals surface area contributed by atoms with Gasteiger partial charge in [-0.3, -0.25) is 9.59 Å². The highest BCUT2D eigenvalue weighted by atomic mass is 35.5. The van der Waals surface area contributed by atoms with E-state index in [0.717, 1.165) is 16.9 Å². The number of aliphatic carboxylic acids is 1. The molecule has 6 nitrogen and oxygen atoms in total. The van der Waals surface area contributed by atoms with Crippen LogP contribution in [0.1, 0.15) is 30.9 Å². The van der Waals surface area contributed by atoms with E-state index in [9.17, 15) is 9.59 Å². The molecule has 0 aromatic heterocycles. The highest BCUT2D eigenvalue weighted by molar-refractivity contribution is 7.59. The van der Waals surface area contributed by atoms with Gasteiger partial charge < -0.3 is 20.9 Å². The minimum absolute atomic E-state index is 0. The zero-order valence-corrected chi connectivity index (χ0v) is 16.0. The number of rotatable bonds is 8. The maximum atomic E-state index is 11.8. The first-order valence-electron chi connectivity index (χ1n) is 7.28. The quantitative estimate of drug-likeness (QED) is 0.641. The number of hydrogen-bond donors (Lipinski definition) is 3. The smallest absolute Gasteiger partial charge is 0.303 e. The molecule has 2 atom stereocenters. The monoisotopic (exact) mass is 378 g/mol. The van der Waals surface area contributed by atoms with Crippen molar-refractivity contribution < 1.29 is 19.4 Å². The first kappa shape index (κ1) is 24.8. The molecule has 1 unspecified atom stereocenters. The van der Waals surface area contributed by atoms with Crippen molar-refractivity contribution in [3.63, 3.8) is 0 Å². The standard InChI is InChI=1S/C16H24N2O4.ClH.H2S/c1-10-5-4-6-11(2)15(10)22-9-12(3)18-16(21)13(17)7-8-14(19)20;;/h4-6,12-13H,7-9,17H2,1-3H3,(H,18,21)(H,19,20);1H;1H2/t12?,13-;;/m0../s1. The van der Waals surface area contributed by atoms with E-state index in [1.165, 1.54) is 0 Å². The average Bonchev–Trinajstić information content (AvgIpc) is 2.44. The summed E-state index contributed by atoms with van der Waals surface area (Å²) in [5, 5.41) is 11.3. The number of nitrogens with one attached hydrogen (secondary N) is 1. The molecule has 1 aromatic rings. The van der Waals surface area contributed by atoms with Crippen molar-refractivity contribution in [1.82, 2.24) is 5.32 Å². The second kappa shape index (κ2) is 12.0. The summed E-state index contributed by atoms with van der Waals surface area (Å²) >= 11 is 0. The number of hydrogen-bond acceptors (Lipinski definition) is 4. The van der Waals surface area contributed by atoms with Gasteiger partial charge in [-0.2, -0.15) is 13.5 Å². The van der Waals surface area contributed by atoms with Gasteiger partial charge in [-0.15, -0.1) is 12.4 Å². The molecule has 24 heavy (non-hydrogen) atoms. The van der Waals surface area contributed by atoms with Crippen LogP contribution in [0.2, 0.25) is 0 Å². The van der Waals surface area contributed by atoms with E-state index in [-0.39, 0.29) is 50.7 Å². The van der Waals surface area contributed by atoms with Crippen molar-refractivity contribution in [2.24, 2.45) is 5.73 Å². The predicted molar refractivity (Wildman–Crippen MR) is 101 cm³/mol. The number of carbonyl (C=O) groups is 2. The van der Waals surface area contributed by atoms with Crippen LogP contribution >= 0.6 is 25.9 Å². The van der Waals surface area contributed by atoms with Crippen molar-refractivity contribution in [3.05, 3.63) is 29.3 Å². The molecule has 0 fully saturated rings. The molecule has 0 heterocycles. The van der Waals surface area contributed by atoms with Crippen molar-refractivity contribution in [2.45, 2.75) is 45.7 Å². The topological polar surface area (TPSA) is 102 Å². The van der Waals surface area contributed by atoms with E-state index in [4.69, 9.17) is 15.6 Å². The summed E-state index contributed by atoms with van der Waals surface area (Å²) in [6.07, 6.45) is -0.00643. The summed E-state index contributed by atoms with van der Waals surface area (Å²) in [6.45, 7) is 6.07. The molecule has 1 rings (SSSR count). The molecule has 0 aliphatic carbocycles. The Morgan fingerprint density at radius 2 is 1.83 bits per heavy atom. The third-order valence-corrected chi connectivity index (χ3v) is 3.28. The molecular formula is C16H27ClN2O4S. The van der Waals surface area contributed by atoms with Crippen LogP contribution in [0.4, 0.5) is 0 Å². The molecular weight excluding hydrogens is 352 g/mol. The maximum absolute atomic E-state index is 11.8. The SMILES string of the molecule is Cc1cccc(C)c1OCC(C)NC(=O)[C@@H](N)CCC(=O)O.Cl.S. The summed E-state index contributed by atoms with van der Waals surface area (Å²) in [5.41, 5.74) is 7.73. The summed E-state index contributed by atoms with van der Waals surface area (Å²) in [4.78, 5) is 22.3.